The van der Waals surface area contributed by atoms with Gasteiger partial charge in [0, 0.05) is 0 Å². The van der Waals surface area contributed by atoms with Gasteiger partial charge in [0.1, 0.15) is 0 Å². The van der Waals surface area contributed by atoms with Crippen LogP contribution in [0.2, 0.25) is 0 Å². The fourth-order valence-electron chi connectivity index (χ4n) is 1.90. The van der Waals surface area contributed by atoms with Crippen LogP contribution in [0.15, 0.2) is 42.5 Å². The minimum absolute atomic E-state index is 0.276. The Kier molecular flexibility index (Phi) is 3.43. The first kappa shape index (κ1) is 11.6. The first-order chi connectivity index (χ1) is 8.16. The summed E-state index contributed by atoms with van der Waals surface area (Å²) in [6.07, 6.45) is 1.51. The van der Waals surface area contributed by atoms with E-state index in [0.717, 1.165) is 6.42 Å². The fraction of sp³-hybridized carbons (Fsp3) is 0.267. The summed E-state index contributed by atoms with van der Waals surface area (Å²) in [6, 6.07) is 14.5. The Morgan fingerprint density at radius 2 is 1.88 bits per heavy atom. The van der Waals surface area contributed by atoms with Gasteiger partial charge >= 0.3 is 5.97 Å². The van der Waals surface area contributed by atoms with Gasteiger partial charge in [-0.05, 0) is 29.2 Å². The lowest BCUT2D eigenvalue weighted by Gasteiger charge is -2.07. The molecule has 0 radical (unpaired) electrons. The van der Waals surface area contributed by atoms with Crippen LogP contribution in [0.5, 0.6) is 0 Å². The Hall–Kier alpha value is -1.83. The summed E-state index contributed by atoms with van der Waals surface area (Å²) in [5.74, 6) is -0.993. The predicted octanol–water partition coefficient (Wildman–Crippen LogP) is 3.49. The van der Waals surface area contributed by atoms with Crippen molar-refractivity contribution in [2.45, 2.75) is 19.8 Å². The summed E-state index contributed by atoms with van der Waals surface area (Å²) in [5.41, 5.74) is 1.21. The molecular weight excluding hydrogens is 212 g/mol. The largest absolute Gasteiger partial charge is 0.481 e. The lowest BCUT2D eigenvalue weighted by Crippen LogP contribution is -2.10. The van der Waals surface area contributed by atoms with E-state index < -0.39 is 5.97 Å². The standard InChI is InChI=1S/C15H16O2/c1-11(15(16)17)6-7-12-8-9-13-4-2-3-5-14(13)10-12/h2-5,8-11H,6-7H2,1H3,(H,16,17). The van der Waals surface area contributed by atoms with Crippen LogP contribution >= 0.6 is 0 Å². The maximum atomic E-state index is 10.7. The molecule has 2 aromatic carbocycles. The minimum atomic E-state index is -0.717. The van der Waals surface area contributed by atoms with E-state index in [-0.39, 0.29) is 5.92 Å². The molecule has 0 aliphatic rings. The molecule has 2 nitrogen and oxygen atoms in total. The van der Waals surface area contributed by atoms with Gasteiger partial charge in [0.05, 0.1) is 5.92 Å². The summed E-state index contributed by atoms with van der Waals surface area (Å²) < 4.78 is 0. The molecule has 1 unspecified atom stereocenters. The lowest BCUT2D eigenvalue weighted by atomic mass is 9.99. The fourth-order valence-corrected chi connectivity index (χ4v) is 1.90. The second-order valence-corrected chi connectivity index (χ2v) is 4.46. The molecule has 1 N–H and O–H groups in total. The molecule has 88 valence electrons. The van der Waals surface area contributed by atoms with E-state index >= 15 is 0 Å². The van der Waals surface area contributed by atoms with E-state index in [1.165, 1.54) is 16.3 Å². The molecule has 1 atom stereocenters. The van der Waals surface area contributed by atoms with Crippen molar-refractivity contribution < 1.29 is 9.90 Å². The maximum Gasteiger partial charge on any atom is 0.306 e. The van der Waals surface area contributed by atoms with Crippen LogP contribution < -0.4 is 0 Å². The third-order valence-corrected chi connectivity index (χ3v) is 3.10. The molecule has 0 heterocycles. The first-order valence-corrected chi connectivity index (χ1v) is 5.87. The van der Waals surface area contributed by atoms with Gasteiger partial charge in [-0.15, -0.1) is 0 Å². The average molecular weight is 228 g/mol. The summed E-state index contributed by atoms with van der Waals surface area (Å²) >= 11 is 0. The van der Waals surface area contributed by atoms with Crippen molar-refractivity contribution >= 4 is 16.7 Å². The minimum Gasteiger partial charge on any atom is -0.481 e. The van der Waals surface area contributed by atoms with E-state index in [9.17, 15) is 4.79 Å². The normalized spacial score (nSPS) is 12.5. The molecule has 2 heteroatoms. The van der Waals surface area contributed by atoms with Crippen LogP contribution in [0.1, 0.15) is 18.9 Å². The first-order valence-electron chi connectivity index (χ1n) is 5.87. The topological polar surface area (TPSA) is 37.3 Å². The molecule has 0 bridgehead atoms. The van der Waals surface area contributed by atoms with Crippen molar-refractivity contribution in [2.75, 3.05) is 0 Å². The van der Waals surface area contributed by atoms with Crippen molar-refractivity contribution in [3.63, 3.8) is 0 Å². The van der Waals surface area contributed by atoms with Gasteiger partial charge in [0.25, 0.3) is 0 Å². The second kappa shape index (κ2) is 5.00. The van der Waals surface area contributed by atoms with E-state index in [2.05, 4.69) is 30.3 Å². The highest BCUT2D eigenvalue weighted by Crippen LogP contribution is 2.17. The summed E-state index contributed by atoms with van der Waals surface area (Å²) in [7, 11) is 0. The third-order valence-electron chi connectivity index (χ3n) is 3.10. The number of hydrogen-bond donors (Lipinski definition) is 1. The molecule has 0 amide bonds. The molecule has 0 saturated heterocycles. The predicted molar refractivity (Wildman–Crippen MR) is 69.1 cm³/mol. The Balaban J connectivity index is 2.12. The highest BCUT2D eigenvalue weighted by atomic mass is 16.4. The van der Waals surface area contributed by atoms with Crippen molar-refractivity contribution in [1.29, 1.82) is 0 Å². The van der Waals surface area contributed by atoms with E-state index in [1.54, 1.807) is 6.92 Å². The van der Waals surface area contributed by atoms with Crippen LogP contribution in [0.3, 0.4) is 0 Å². The zero-order valence-corrected chi connectivity index (χ0v) is 9.89. The number of aliphatic carboxylic acids is 1. The maximum absolute atomic E-state index is 10.7. The molecule has 2 rings (SSSR count). The van der Waals surface area contributed by atoms with Crippen LogP contribution in [-0.2, 0) is 11.2 Å². The molecule has 0 saturated carbocycles. The Morgan fingerprint density at radius 1 is 1.18 bits per heavy atom. The average Bonchev–Trinajstić information content (AvgIpc) is 2.35. The molecule has 0 aliphatic heterocycles. The highest BCUT2D eigenvalue weighted by Gasteiger charge is 2.10. The van der Waals surface area contributed by atoms with Gasteiger partial charge in [-0.1, -0.05) is 49.4 Å². The quantitative estimate of drug-likeness (QED) is 0.869. The Labute approximate surface area is 101 Å². The number of aryl methyl sites for hydroxylation is 1. The monoisotopic (exact) mass is 228 g/mol. The SMILES string of the molecule is CC(CCc1ccc2ccccc2c1)C(=O)O. The van der Waals surface area contributed by atoms with Gasteiger partial charge < -0.3 is 5.11 Å². The number of carboxylic acid groups (broad SMARTS) is 1. The second-order valence-electron chi connectivity index (χ2n) is 4.46. The van der Waals surface area contributed by atoms with Gasteiger partial charge in [0.2, 0.25) is 0 Å². The molecule has 0 fully saturated rings. The smallest absolute Gasteiger partial charge is 0.306 e. The Morgan fingerprint density at radius 3 is 2.59 bits per heavy atom. The summed E-state index contributed by atoms with van der Waals surface area (Å²) in [5, 5.41) is 11.3. The van der Waals surface area contributed by atoms with E-state index in [4.69, 9.17) is 5.11 Å². The number of fused-ring (bicyclic) bond motifs is 1. The molecule has 2 aromatic rings. The van der Waals surface area contributed by atoms with Crippen LogP contribution in [0.4, 0.5) is 0 Å². The van der Waals surface area contributed by atoms with Gasteiger partial charge in [-0.3, -0.25) is 4.79 Å². The molecule has 0 spiro atoms. The van der Waals surface area contributed by atoms with E-state index in [1.807, 2.05) is 12.1 Å². The van der Waals surface area contributed by atoms with Crippen molar-refractivity contribution in [2.24, 2.45) is 5.92 Å². The van der Waals surface area contributed by atoms with Gasteiger partial charge in [-0.2, -0.15) is 0 Å². The van der Waals surface area contributed by atoms with E-state index in [0.29, 0.717) is 6.42 Å². The highest BCUT2D eigenvalue weighted by molar-refractivity contribution is 5.83. The summed E-state index contributed by atoms with van der Waals surface area (Å²) in [4.78, 5) is 10.7. The van der Waals surface area contributed by atoms with Crippen molar-refractivity contribution in [3.8, 4) is 0 Å². The van der Waals surface area contributed by atoms with Crippen molar-refractivity contribution in [1.82, 2.24) is 0 Å². The third kappa shape index (κ3) is 2.84. The lowest BCUT2D eigenvalue weighted by molar-refractivity contribution is -0.141. The molecule has 0 aliphatic carbocycles. The zero-order valence-electron chi connectivity index (χ0n) is 9.89. The van der Waals surface area contributed by atoms with Crippen LogP contribution in [0.25, 0.3) is 10.8 Å². The van der Waals surface area contributed by atoms with Crippen molar-refractivity contribution in [3.05, 3.63) is 48.0 Å². The van der Waals surface area contributed by atoms with Crippen LogP contribution in [-0.4, -0.2) is 11.1 Å². The van der Waals surface area contributed by atoms with Gasteiger partial charge in [0.15, 0.2) is 0 Å². The zero-order chi connectivity index (χ0) is 12.3. The number of benzene rings is 2. The molecule has 0 aromatic heterocycles. The number of rotatable bonds is 4. The van der Waals surface area contributed by atoms with Crippen LogP contribution in [0, 0.1) is 5.92 Å². The number of carbonyl (C=O) groups is 1. The molecular formula is C15H16O2. The molecule has 17 heavy (non-hydrogen) atoms. The van der Waals surface area contributed by atoms with Gasteiger partial charge in [-0.25, -0.2) is 0 Å². The number of hydrogen-bond acceptors (Lipinski definition) is 1. The Bertz CT molecular complexity index is 531. The number of carboxylic acids is 1. The summed E-state index contributed by atoms with van der Waals surface area (Å²) in [6.45, 7) is 1.75.